The fourth-order valence-electron chi connectivity index (χ4n) is 4.95. The van der Waals surface area contributed by atoms with Crippen molar-refractivity contribution in [3.63, 3.8) is 0 Å². The van der Waals surface area contributed by atoms with Crippen LogP contribution in [0.3, 0.4) is 0 Å². The predicted molar refractivity (Wildman–Crippen MR) is 157 cm³/mol. The number of nitrogens with one attached hydrogen (secondary N) is 2. The Labute approximate surface area is 226 Å². The molecule has 0 saturated heterocycles. The average Bonchev–Trinajstić information content (AvgIpc) is 2.94. The Morgan fingerprint density at radius 2 is 1.13 bits per heavy atom. The van der Waals surface area contributed by atoms with Gasteiger partial charge in [0, 0.05) is 33.9 Å². The summed E-state index contributed by atoms with van der Waals surface area (Å²) in [5, 5.41) is 20.7. The number of carbonyl (C=O) groups is 1. The van der Waals surface area contributed by atoms with Crippen LogP contribution in [0.15, 0.2) is 114 Å². The Balaban J connectivity index is 1.56. The SMILES string of the molecule is Cc1ccccc1Nc1ccc2c(-c3ccccc3C(=O)[O-])c3ccc(Nc4ccccc4C)cc3[o+]c2c1. The topological polar surface area (TPSA) is 75.5 Å². The summed E-state index contributed by atoms with van der Waals surface area (Å²) in [6.45, 7) is 4.11. The number of rotatable bonds is 6. The normalized spacial score (nSPS) is 11.0. The van der Waals surface area contributed by atoms with E-state index in [9.17, 15) is 9.90 Å². The Kier molecular flexibility index (Phi) is 6.17. The van der Waals surface area contributed by atoms with E-state index >= 15 is 0 Å². The first-order valence-corrected chi connectivity index (χ1v) is 12.8. The molecule has 2 N–H and O–H groups in total. The molecule has 6 aromatic rings. The third-order valence-electron chi connectivity index (χ3n) is 6.99. The van der Waals surface area contributed by atoms with Gasteiger partial charge in [-0.1, -0.05) is 60.7 Å². The van der Waals surface area contributed by atoms with E-state index in [1.807, 2.05) is 84.9 Å². The summed E-state index contributed by atoms with van der Waals surface area (Å²) in [5.74, 6) is -1.22. The maximum absolute atomic E-state index is 12.1. The van der Waals surface area contributed by atoms with Crippen molar-refractivity contribution in [1.82, 2.24) is 0 Å². The zero-order valence-corrected chi connectivity index (χ0v) is 21.6. The molecule has 0 aliphatic rings. The third kappa shape index (κ3) is 4.66. The summed E-state index contributed by atoms with van der Waals surface area (Å²) in [5.41, 5.74) is 8.78. The number of carboxylic acid groups (broad SMARTS) is 1. The summed E-state index contributed by atoms with van der Waals surface area (Å²) in [6.07, 6.45) is 0. The Hall–Kier alpha value is -5.16. The number of benzene rings is 5. The van der Waals surface area contributed by atoms with E-state index in [1.54, 1.807) is 12.1 Å². The molecule has 6 rings (SSSR count). The van der Waals surface area contributed by atoms with Crippen molar-refractivity contribution >= 4 is 50.7 Å². The number of anilines is 4. The van der Waals surface area contributed by atoms with Gasteiger partial charge in [-0.3, -0.25) is 0 Å². The second-order valence-corrected chi connectivity index (χ2v) is 9.61. The summed E-state index contributed by atoms with van der Waals surface area (Å²) in [7, 11) is 0. The molecule has 0 amide bonds. The molecule has 0 spiro atoms. The fourth-order valence-corrected chi connectivity index (χ4v) is 4.95. The number of hydrogen-bond donors (Lipinski definition) is 2. The van der Waals surface area contributed by atoms with Gasteiger partial charge in [-0.2, -0.15) is 0 Å². The Morgan fingerprint density at radius 3 is 1.64 bits per heavy atom. The Morgan fingerprint density at radius 1 is 0.641 bits per heavy atom. The van der Waals surface area contributed by atoms with Gasteiger partial charge in [0.2, 0.25) is 0 Å². The monoisotopic (exact) mass is 510 g/mol. The lowest BCUT2D eigenvalue weighted by atomic mass is 9.93. The van der Waals surface area contributed by atoms with Gasteiger partial charge >= 0.3 is 11.2 Å². The van der Waals surface area contributed by atoms with E-state index < -0.39 is 5.97 Å². The van der Waals surface area contributed by atoms with Gasteiger partial charge in [-0.05, 0) is 66.9 Å². The van der Waals surface area contributed by atoms with E-state index in [0.29, 0.717) is 16.7 Å². The number of fused-ring (bicyclic) bond motifs is 2. The molecule has 1 heterocycles. The molecule has 0 fully saturated rings. The molecule has 0 aliphatic heterocycles. The lowest BCUT2D eigenvalue weighted by molar-refractivity contribution is -0.254. The number of hydrogen-bond acceptors (Lipinski definition) is 4. The molecule has 5 aromatic carbocycles. The van der Waals surface area contributed by atoms with E-state index in [2.05, 4.69) is 36.6 Å². The van der Waals surface area contributed by atoms with Gasteiger partial charge in [0.1, 0.15) is 0 Å². The first-order chi connectivity index (χ1) is 19.0. The fraction of sp³-hybridized carbons (Fsp3) is 0.0588. The van der Waals surface area contributed by atoms with Gasteiger partial charge < -0.3 is 20.5 Å². The highest BCUT2D eigenvalue weighted by Gasteiger charge is 2.23. The van der Waals surface area contributed by atoms with Crippen LogP contribution in [0.2, 0.25) is 0 Å². The molecule has 1 aromatic heterocycles. The van der Waals surface area contributed by atoms with Crippen molar-refractivity contribution in [2.45, 2.75) is 13.8 Å². The molecule has 0 bridgehead atoms. The lowest BCUT2D eigenvalue weighted by Crippen LogP contribution is -2.23. The van der Waals surface area contributed by atoms with Crippen LogP contribution in [-0.4, -0.2) is 5.97 Å². The lowest BCUT2D eigenvalue weighted by Gasteiger charge is -2.14. The van der Waals surface area contributed by atoms with E-state index in [1.165, 1.54) is 0 Å². The second-order valence-electron chi connectivity index (χ2n) is 9.61. The number of aromatic carboxylic acids is 1. The number of para-hydroxylation sites is 2. The van der Waals surface area contributed by atoms with Crippen LogP contribution < -0.4 is 15.7 Å². The zero-order chi connectivity index (χ0) is 26.9. The van der Waals surface area contributed by atoms with Gasteiger partial charge in [0.25, 0.3) is 0 Å². The molecular formula is C34H26N2O3. The average molecular weight is 511 g/mol. The quantitative estimate of drug-likeness (QED) is 0.175. The van der Waals surface area contributed by atoms with Gasteiger partial charge in [-0.15, -0.1) is 0 Å². The van der Waals surface area contributed by atoms with Crippen LogP contribution >= 0.6 is 0 Å². The molecule has 190 valence electrons. The van der Waals surface area contributed by atoms with Gasteiger partial charge in [0.15, 0.2) is 0 Å². The third-order valence-corrected chi connectivity index (χ3v) is 6.99. The van der Waals surface area contributed by atoms with Crippen LogP contribution in [0.5, 0.6) is 0 Å². The summed E-state index contributed by atoms with van der Waals surface area (Å²) < 4.78 is 6.48. The first kappa shape index (κ1) is 24.2. The van der Waals surface area contributed by atoms with Gasteiger partial charge in [-0.25, -0.2) is 4.42 Å². The predicted octanol–water partition coefficient (Wildman–Crippen LogP) is 8.00. The van der Waals surface area contributed by atoms with Gasteiger partial charge in [0.05, 0.1) is 28.9 Å². The molecule has 0 aliphatic carbocycles. The molecular weight excluding hydrogens is 484 g/mol. The highest BCUT2D eigenvalue weighted by atomic mass is 16.4. The minimum Gasteiger partial charge on any atom is -0.545 e. The maximum Gasteiger partial charge on any atom is 0.363 e. The molecule has 5 nitrogen and oxygen atoms in total. The largest absolute Gasteiger partial charge is 0.545 e. The van der Waals surface area contributed by atoms with Crippen molar-refractivity contribution in [1.29, 1.82) is 0 Å². The van der Waals surface area contributed by atoms with Crippen molar-refractivity contribution in [2.75, 3.05) is 10.6 Å². The molecule has 0 unspecified atom stereocenters. The van der Waals surface area contributed by atoms with Crippen LogP contribution in [0.4, 0.5) is 22.7 Å². The maximum atomic E-state index is 12.1. The van der Waals surface area contributed by atoms with Crippen molar-refractivity contribution in [3.8, 4) is 11.1 Å². The minimum atomic E-state index is -1.22. The molecule has 0 radical (unpaired) electrons. The highest BCUT2D eigenvalue weighted by molar-refractivity contribution is 6.12. The summed E-state index contributed by atoms with van der Waals surface area (Å²) in [6, 6.07) is 34.9. The van der Waals surface area contributed by atoms with E-state index in [0.717, 1.165) is 50.2 Å². The molecule has 39 heavy (non-hydrogen) atoms. The van der Waals surface area contributed by atoms with E-state index in [-0.39, 0.29) is 5.56 Å². The highest BCUT2D eigenvalue weighted by Crippen LogP contribution is 2.40. The number of carbonyl (C=O) groups excluding carboxylic acids is 1. The summed E-state index contributed by atoms with van der Waals surface area (Å²) >= 11 is 0. The van der Waals surface area contributed by atoms with Crippen molar-refractivity contribution in [3.05, 3.63) is 126 Å². The van der Waals surface area contributed by atoms with E-state index in [4.69, 9.17) is 4.42 Å². The Bertz CT molecular complexity index is 1770. The van der Waals surface area contributed by atoms with Crippen molar-refractivity contribution < 1.29 is 14.3 Å². The minimum absolute atomic E-state index is 0.135. The standard InChI is InChI=1S/C34H26N2O3/c1-21-9-3-7-13-29(21)35-23-15-17-27-31(19-23)39-32-20-24(36-30-14-8-4-10-22(30)2)16-18-28(32)33(27)25-11-5-6-12-26(25)34(37)38/h3-20,35-36H,1-2H3. The molecule has 0 saturated carbocycles. The summed E-state index contributed by atoms with van der Waals surface area (Å²) in [4.78, 5) is 12.1. The second kappa shape index (κ2) is 9.95. The number of aryl methyl sites for hydroxylation is 2. The van der Waals surface area contributed by atoms with Crippen LogP contribution in [-0.2, 0) is 0 Å². The smallest absolute Gasteiger partial charge is 0.363 e. The van der Waals surface area contributed by atoms with Crippen molar-refractivity contribution in [2.24, 2.45) is 0 Å². The molecule has 5 heteroatoms. The zero-order valence-electron chi connectivity index (χ0n) is 21.6. The molecule has 0 atom stereocenters. The number of carboxylic acids is 1. The van der Waals surface area contributed by atoms with Crippen LogP contribution in [0.25, 0.3) is 33.1 Å². The first-order valence-electron chi connectivity index (χ1n) is 12.8. The van der Waals surface area contributed by atoms with Crippen LogP contribution in [0, 0.1) is 13.8 Å². The van der Waals surface area contributed by atoms with Crippen LogP contribution in [0.1, 0.15) is 21.5 Å².